The fourth-order valence-electron chi connectivity index (χ4n) is 3.58. The summed E-state index contributed by atoms with van der Waals surface area (Å²) in [5.74, 6) is -0.206. The molecule has 1 saturated heterocycles. The maximum Gasteiger partial charge on any atom is 0.231 e. The van der Waals surface area contributed by atoms with Gasteiger partial charge in [-0.05, 0) is 49.9 Å². The SMILES string of the molecule is C[C@@H]1Cc2cc(Br)ccc2N1C(=O)[C@@H]1CCCN(S(C)(=O)=O)C1. The first-order valence-electron chi connectivity index (χ1n) is 7.84. The van der Waals surface area contributed by atoms with Crippen molar-refractivity contribution in [3.8, 4) is 0 Å². The second kappa shape index (κ2) is 6.18. The maximum atomic E-state index is 13.0. The van der Waals surface area contributed by atoms with Crippen LogP contribution in [0.4, 0.5) is 5.69 Å². The molecule has 0 bridgehead atoms. The monoisotopic (exact) mass is 400 g/mol. The van der Waals surface area contributed by atoms with Crippen molar-refractivity contribution >= 4 is 37.5 Å². The van der Waals surface area contributed by atoms with E-state index in [0.717, 1.165) is 35.0 Å². The Morgan fingerprint density at radius 2 is 2.09 bits per heavy atom. The molecule has 2 atom stereocenters. The zero-order chi connectivity index (χ0) is 16.8. The third-order valence-electron chi connectivity index (χ3n) is 4.70. The Morgan fingerprint density at radius 3 is 2.78 bits per heavy atom. The molecule has 23 heavy (non-hydrogen) atoms. The first kappa shape index (κ1) is 16.9. The molecule has 0 aliphatic carbocycles. The van der Waals surface area contributed by atoms with Crippen LogP contribution in [0.3, 0.4) is 0 Å². The molecule has 0 spiro atoms. The summed E-state index contributed by atoms with van der Waals surface area (Å²) in [4.78, 5) is 14.9. The van der Waals surface area contributed by atoms with Gasteiger partial charge in [0.25, 0.3) is 0 Å². The van der Waals surface area contributed by atoms with Crippen molar-refractivity contribution < 1.29 is 13.2 Å². The molecule has 126 valence electrons. The molecule has 0 saturated carbocycles. The quantitative estimate of drug-likeness (QED) is 0.765. The summed E-state index contributed by atoms with van der Waals surface area (Å²) in [6, 6.07) is 6.09. The van der Waals surface area contributed by atoms with E-state index in [1.165, 1.54) is 10.6 Å². The number of piperidine rings is 1. The highest BCUT2D eigenvalue weighted by Crippen LogP contribution is 2.36. The van der Waals surface area contributed by atoms with Crippen LogP contribution in [0.2, 0.25) is 0 Å². The Labute approximate surface area is 145 Å². The van der Waals surface area contributed by atoms with Crippen LogP contribution in [0.5, 0.6) is 0 Å². The summed E-state index contributed by atoms with van der Waals surface area (Å²) in [7, 11) is -3.24. The van der Waals surface area contributed by atoms with Gasteiger partial charge in [0.05, 0.1) is 12.2 Å². The Morgan fingerprint density at radius 1 is 1.35 bits per heavy atom. The largest absolute Gasteiger partial charge is 0.309 e. The van der Waals surface area contributed by atoms with Crippen LogP contribution < -0.4 is 4.90 Å². The van der Waals surface area contributed by atoms with Crippen molar-refractivity contribution in [3.63, 3.8) is 0 Å². The molecule has 5 nitrogen and oxygen atoms in total. The average molecular weight is 401 g/mol. The summed E-state index contributed by atoms with van der Waals surface area (Å²) in [6.07, 6.45) is 3.53. The highest BCUT2D eigenvalue weighted by atomic mass is 79.9. The third-order valence-corrected chi connectivity index (χ3v) is 6.46. The fraction of sp³-hybridized carbons (Fsp3) is 0.562. The number of sulfonamides is 1. The van der Waals surface area contributed by atoms with Gasteiger partial charge in [-0.2, -0.15) is 0 Å². The summed E-state index contributed by atoms with van der Waals surface area (Å²) < 4.78 is 26.0. The number of benzene rings is 1. The molecule has 0 unspecified atom stereocenters. The molecular formula is C16H21BrN2O3S. The lowest BCUT2D eigenvalue weighted by molar-refractivity contribution is -0.123. The molecule has 3 rings (SSSR count). The molecule has 1 aromatic rings. The maximum absolute atomic E-state index is 13.0. The van der Waals surface area contributed by atoms with Gasteiger partial charge in [0.15, 0.2) is 0 Å². The van der Waals surface area contributed by atoms with E-state index in [9.17, 15) is 13.2 Å². The molecule has 0 aromatic heterocycles. The molecule has 1 fully saturated rings. The minimum Gasteiger partial charge on any atom is -0.309 e. The number of hydrogen-bond donors (Lipinski definition) is 0. The standard InChI is InChI=1S/C16H21BrN2O3S/c1-11-8-13-9-14(17)5-6-15(13)19(11)16(20)12-4-3-7-18(10-12)23(2,21)22/h5-6,9,11-12H,3-4,7-8,10H2,1-2H3/t11-,12-/m1/s1. The van der Waals surface area contributed by atoms with E-state index in [0.29, 0.717) is 13.1 Å². The molecule has 2 aliphatic rings. The number of anilines is 1. The number of carbonyl (C=O) groups is 1. The van der Waals surface area contributed by atoms with Gasteiger partial charge in [0.1, 0.15) is 0 Å². The van der Waals surface area contributed by atoms with Gasteiger partial charge in [-0.3, -0.25) is 4.79 Å². The summed E-state index contributed by atoms with van der Waals surface area (Å²) in [5.41, 5.74) is 2.12. The minimum atomic E-state index is -3.24. The molecule has 7 heteroatoms. The Bertz CT molecular complexity index is 735. The van der Waals surface area contributed by atoms with Crippen molar-refractivity contribution in [2.75, 3.05) is 24.2 Å². The predicted molar refractivity (Wildman–Crippen MR) is 93.9 cm³/mol. The Balaban J connectivity index is 1.84. The topological polar surface area (TPSA) is 57.7 Å². The van der Waals surface area contributed by atoms with Gasteiger partial charge in [-0.25, -0.2) is 12.7 Å². The smallest absolute Gasteiger partial charge is 0.231 e. The van der Waals surface area contributed by atoms with Crippen LogP contribution in [0.15, 0.2) is 22.7 Å². The second-order valence-electron chi connectivity index (χ2n) is 6.49. The van der Waals surface area contributed by atoms with E-state index in [-0.39, 0.29) is 17.9 Å². The molecule has 1 aromatic carbocycles. The van der Waals surface area contributed by atoms with E-state index < -0.39 is 10.0 Å². The van der Waals surface area contributed by atoms with E-state index in [2.05, 4.69) is 22.0 Å². The minimum absolute atomic E-state index is 0.0481. The van der Waals surface area contributed by atoms with Crippen LogP contribution in [-0.4, -0.2) is 44.0 Å². The molecular weight excluding hydrogens is 380 g/mol. The average Bonchev–Trinajstić information content (AvgIpc) is 2.80. The van der Waals surface area contributed by atoms with Crippen LogP contribution in [0.25, 0.3) is 0 Å². The number of carbonyl (C=O) groups excluding carboxylic acids is 1. The molecule has 0 radical (unpaired) electrons. The van der Waals surface area contributed by atoms with Gasteiger partial charge in [0, 0.05) is 29.3 Å². The lowest BCUT2D eigenvalue weighted by atomic mass is 9.97. The number of nitrogens with zero attached hydrogens (tertiary/aromatic N) is 2. The first-order chi connectivity index (χ1) is 10.8. The van der Waals surface area contributed by atoms with E-state index in [1.54, 1.807) is 0 Å². The lowest BCUT2D eigenvalue weighted by Crippen LogP contribution is -2.48. The van der Waals surface area contributed by atoms with Gasteiger partial charge < -0.3 is 4.90 Å². The van der Waals surface area contributed by atoms with Crippen LogP contribution in [0, 0.1) is 5.92 Å². The van der Waals surface area contributed by atoms with Crippen molar-refractivity contribution in [2.24, 2.45) is 5.92 Å². The van der Waals surface area contributed by atoms with E-state index in [4.69, 9.17) is 0 Å². The number of amides is 1. The Kier molecular flexibility index (Phi) is 4.55. The fourth-order valence-corrected chi connectivity index (χ4v) is 4.90. The van der Waals surface area contributed by atoms with Gasteiger partial charge in [-0.15, -0.1) is 0 Å². The highest BCUT2D eigenvalue weighted by molar-refractivity contribution is 9.10. The van der Waals surface area contributed by atoms with Gasteiger partial charge in [0.2, 0.25) is 15.9 Å². The normalized spacial score (nSPS) is 25.4. The molecule has 1 amide bonds. The number of halogens is 1. The van der Waals surface area contributed by atoms with Crippen molar-refractivity contribution in [3.05, 3.63) is 28.2 Å². The van der Waals surface area contributed by atoms with Crippen LogP contribution in [0.1, 0.15) is 25.3 Å². The van der Waals surface area contributed by atoms with E-state index in [1.807, 2.05) is 24.0 Å². The molecule has 2 aliphatic heterocycles. The van der Waals surface area contributed by atoms with Gasteiger partial charge >= 0.3 is 0 Å². The van der Waals surface area contributed by atoms with Crippen LogP contribution in [-0.2, 0) is 21.2 Å². The zero-order valence-corrected chi connectivity index (χ0v) is 15.7. The third kappa shape index (κ3) is 3.32. The second-order valence-corrected chi connectivity index (χ2v) is 9.39. The summed E-state index contributed by atoms with van der Waals surface area (Å²) in [5, 5.41) is 0. The van der Waals surface area contributed by atoms with Gasteiger partial charge in [-0.1, -0.05) is 15.9 Å². The molecule has 2 heterocycles. The number of hydrogen-bond acceptors (Lipinski definition) is 3. The zero-order valence-electron chi connectivity index (χ0n) is 13.3. The van der Waals surface area contributed by atoms with Crippen LogP contribution >= 0.6 is 15.9 Å². The Hall–Kier alpha value is -0.920. The number of fused-ring (bicyclic) bond motifs is 1. The lowest BCUT2D eigenvalue weighted by Gasteiger charge is -2.34. The molecule has 0 N–H and O–H groups in total. The number of rotatable bonds is 2. The highest BCUT2D eigenvalue weighted by Gasteiger charge is 2.37. The van der Waals surface area contributed by atoms with E-state index >= 15 is 0 Å². The predicted octanol–water partition coefficient (Wildman–Crippen LogP) is 2.40. The van der Waals surface area contributed by atoms with Crippen molar-refractivity contribution in [1.29, 1.82) is 0 Å². The van der Waals surface area contributed by atoms with Crippen molar-refractivity contribution in [1.82, 2.24) is 4.31 Å². The summed E-state index contributed by atoms with van der Waals surface area (Å²) >= 11 is 3.47. The first-order valence-corrected chi connectivity index (χ1v) is 10.5. The van der Waals surface area contributed by atoms with Crippen molar-refractivity contribution in [2.45, 2.75) is 32.2 Å². The summed E-state index contributed by atoms with van der Waals surface area (Å²) in [6.45, 7) is 2.86.